The van der Waals surface area contributed by atoms with Crippen molar-refractivity contribution >= 4 is 18.2 Å². The van der Waals surface area contributed by atoms with Crippen LogP contribution in [0.3, 0.4) is 0 Å². The smallest absolute Gasteiger partial charge is 0.196 e. The molecule has 88 valence electrons. The molecule has 6 heteroatoms. The van der Waals surface area contributed by atoms with Crippen molar-refractivity contribution in [3.8, 4) is 0 Å². The fourth-order valence-corrected chi connectivity index (χ4v) is 1.60. The van der Waals surface area contributed by atoms with Crippen LogP contribution in [-0.2, 0) is 0 Å². The SMILES string of the molecule is Cl.O=C(CN1CCNCC1)c1cnccn1. The summed E-state index contributed by atoms with van der Waals surface area (Å²) in [5, 5.41) is 3.25. The minimum absolute atomic E-state index is 0. The fraction of sp³-hybridized carbons (Fsp3) is 0.500. The summed E-state index contributed by atoms with van der Waals surface area (Å²) in [6.07, 6.45) is 4.64. The number of hydrogen-bond donors (Lipinski definition) is 1. The van der Waals surface area contributed by atoms with Crippen molar-refractivity contribution in [1.82, 2.24) is 20.2 Å². The first-order chi connectivity index (χ1) is 7.36. The molecule has 0 amide bonds. The van der Waals surface area contributed by atoms with E-state index in [4.69, 9.17) is 0 Å². The Morgan fingerprint density at radius 2 is 2.12 bits per heavy atom. The molecule has 1 fully saturated rings. The highest BCUT2D eigenvalue weighted by molar-refractivity contribution is 5.95. The van der Waals surface area contributed by atoms with E-state index in [2.05, 4.69) is 20.2 Å². The largest absolute Gasteiger partial charge is 0.314 e. The number of nitrogens with zero attached hydrogens (tertiary/aromatic N) is 3. The predicted octanol–water partition coefficient (Wildman–Crippen LogP) is -0.0137. The summed E-state index contributed by atoms with van der Waals surface area (Å²) >= 11 is 0. The van der Waals surface area contributed by atoms with E-state index in [1.54, 1.807) is 12.4 Å². The Labute approximate surface area is 101 Å². The van der Waals surface area contributed by atoms with Crippen LogP contribution in [0.2, 0.25) is 0 Å². The van der Waals surface area contributed by atoms with Gasteiger partial charge in [0.15, 0.2) is 5.78 Å². The van der Waals surface area contributed by atoms with E-state index in [1.807, 2.05) is 0 Å². The van der Waals surface area contributed by atoms with Crippen LogP contribution >= 0.6 is 12.4 Å². The fourth-order valence-electron chi connectivity index (χ4n) is 1.60. The van der Waals surface area contributed by atoms with Crippen LogP contribution in [0.25, 0.3) is 0 Å². The number of aromatic nitrogens is 2. The molecule has 1 aromatic heterocycles. The van der Waals surface area contributed by atoms with Crippen LogP contribution in [0.5, 0.6) is 0 Å². The van der Waals surface area contributed by atoms with Crippen LogP contribution < -0.4 is 5.32 Å². The molecule has 0 bridgehead atoms. The maximum Gasteiger partial charge on any atom is 0.196 e. The molecule has 0 aromatic carbocycles. The van der Waals surface area contributed by atoms with Crippen molar-refractivity contribution < 1.29 is 4.79 Å². The van der Waals surface area contributed by atoms with Crippen LogP contribution in [0.15, 0.2) is 18.6 Å². The predicted molar refractivity (Wildman–Crippen MR) is 62.9 cm³/mol. The third-order valence-corrected chi connectivity index (χ3v) is 2.43. The second-order valence-electron chi connectivity index (χ2n) is 3.54. The summed E-state index contributed by atoms with van der Waals surface area (Å²) in [6, 6.07) is 0. The third-order valence-electron chi connectivity index (χ3n) is 2.43. The Morgan fingerprint density at radius 3 is 2.75 bits per heavy atom. The van der Waals surface area contributed by atoms with Gasteiger partial charge < -0.3 is 5.32 Å². The van der Waals surface area contributed by atoms with Gasteiger partial charge in [-0.15, -0.1) is 12.4 Å². The van der Waals surface area contributed by atoms with Crippen molar-refractivity contribution in [2.24, 2.45) is 0 Å². The van der Waals surface area contributed by atoms with Crippen LogP contribution in [0.1, 0.15) is 10.5 Å². The molecule has 0 spiro atoms. The van der Waals surface area contributed by atoms with Gasteiger partial charge in [0.05, 0.1) is 12.7 Å². The molecule has 2 rings (SSSR count). The summed E-state index contributed by atoms with van der Waals surface area (Å²) in [6.45, 7) is 4.19. The molecular weight excluding hydrogens is 228 g/mol. The van der Waals surface area contributed by atoms with Crippen molar-refractivity contribution in [2.45, 2.75) is 0 Å². The third kappa shape index (κ3) is 3.52. The highest BCUT2D eigenvalue weighted by atomic mass is 35.5. The highest BCUT2D eigenvalue weighted by Crippen LogP contribution is 1.98. The number of ketones is 1. The molecule has 16 heavy (non-hydrogen) atoms. The van der Waals surface area contributed by atoms with Gasteiger partial charge in [0.2, 0.25) is 0 Å². The van der Waals surface area contributed by atoms with Gasteiger partial charge in [-0.25, -0.2) is 4.98 Å². The van der Waals surface area contributed by atoms with Gasteiger partial charge in [-0.05, 0) is 0 Å². The molecule has 1 aliphatic rings. The molecule has 5 nitrogen and oxygen atoms in total. The second kappa shape index (κ2) is 6.52. The monoisotopic (exact) mass is 242 g/mol. The Morgan fingerprint density at radius 1 is 1.38 bits per heavy atom. The van der Waals surface area contributed by atoms with E-state index in [0.717, 1.165) is 26.2 Å². The van der Waals surface area contributed by atoms with Gasteiger partial charge in [0.1, 0.15) is 5.69 Å². The van der Waals surface area contributed by atoms with Gasteiger partial charge in [-0.1, -0.05) is 0 Å². The number of rotatable bonds is 3. The molecule has 1 aliphatic heterocycles. The van der Waals surface area contributed by atoms with E-state index in [0.29, 0.717) is 12.2 Å². The molecule has 2 heterocycles. The minimum atomic E-state index is 0. The van der Waals surface area contributed by atoms with Gasteiger partial charge >= 0.3 is 0 Å². The Kier molecular flexibility index (Phi) is 5.31. The lowest BCUT2D eigenvalue weighted by molar-refractivity contribution is 0.0916. The minimum Gasteiger partial charge on any atom is -0.314 e. The summed E-state index contributed by atoms with van der Waals surface area (Å²) in [5.74, 6) is 0.0463. The van der Waals surface area contributed by atoms with Crippen LogP contribution in [-0.4, -0.2) is 53.4 Å². The summed E-state index contributed by atoms with van der Waals surface area (Å²) in [4.78, 5) is 21.8. The number of piperazine rings is 1. The number of carbonyl (C=O) groups is 1. The number of nitrogens with one attached hydrogen (secondary N) is 1. The molecule has 0 unspecified atom stereocenters. The molecule has 1 saturated heterocycles. The lowest BCUT2D eigenvalue weighted by Crippen LogP contribution is -2.45. The van der Waals surface area contributed by atoms with E-state index >= 15 is 0 Å². The first kappa shape index (κ1) is 13.0. The quantitative estimate of drug-likeness (QED) is 0.756. The normalized spacial score (nSPS) is 16.5. The number of carbonyl (C=O) groups excluding carboxylic acids is 1. The van der Waals surface area contributed by atoms with Gasteiger partial charge in [-0.3, -0.25) is 14.7 Å². The van der Waals surface area contributed by atoms with Crippen LogP contribution in [0, 0.1) is 0 Å². The maximum atomic E-state index is 11.7. The average molecular weight is 243 g/mol. The lowest BCUT2D eigenvalue weighted by Gasteiger charge is -2.26. The highest BCUT2D eigenvalue weighted by Gasteiger charge is 2.15. The zero-order valence-electron chi connectivity index (χ0n) is 8.93. The first-order valence-corrected chi connectivity index (χ1v) is 5.08. The molecule has 1 N–H and O–H groups in total. The summed E-state index contributed by atoms with van der Waals surface area (Å²) in [5.41, 5.74) is 0.455. The lowest BCUT2D eigenvalue weighted by atomic mass is 10.2. The van der Waals surface area contributed by atoms with E-state index < -0.39 is 0 Å². The average Bonchev–Trinajstić information content (AvgIpc) is 2.31. The molecule has 0 aliphatic carbocycles. The van der Waals surface area contributed by atoms with Crippen molar-refractivity contribution in [1.29, 1.82) is 0 Å². The van der Waals surface area contributed by atoms with Crippen molar-refractivity contribution in [3.63, 3.8) is 0 Å². The van der Waals surface area contributed by atoms with Crippen LogP contribution in [0.4, 0.5) is 0 Å². The van der Waals surface area contributed by atoms with Gasteiger partial charge in [0, 0.05) is 38.6 Å². The standard InChI is InChI=1S/C10H14N4O.ClH/c15-10(9-7-12-1-2-13-9)8-14-5-3-11-4-6-14;/h1-2,7,11H,3-6,8H2;1H. The molecule has 0 radical (unpaired) electrons. The van der Waals surface area contributed by atoms with Crippen molar-refractivity contribution in [3.05, 3.63) is 24.3 Å². The molecule has 1 aromatic rings. The first-order valence-electron chi connectivity index (χ1n) is 5.08. The number of hydrogen-bond acceptors (Lipinski definition) is 5. The Bertz CT molecular complexity index is 327. The van der Waals surface area contributed by atoms with Gasteiger partial charge in [-0.2, -0.15) is 0 Å². The summed E-state index contributed by atoms with van der Waals surface area (Å²) in [7, 11) is 0. The van der Waals surface area contributed by atoms with E-state index in [1.165, 1.54) is 6.20 Å². The zero-order valence-corrected chi connectivity index (χ0v) is 9.74. The zero-order chi connectivity index (χ0) is 10.5. The summed E-state index contributed by atoms with van der Waals surface area (Å²) < 4.78 is 0. The molecule has 0 atom stereocenters. The maximum absolute atomic E-state index is 11.7. The van der Waals surface area contributed by atoms with Crippen molar-refractivity contribution in [2.75, 3.05) is 32.7 Å². The Balaban J connectivity index is 0.00000128. The molecule has 0 saturated carbocycles. The number of Topliss-reactive ketones (excluding diaryl/α,β-unsaturated/α-hetero) is 1. The molecular formula is C10H15ClN4O. The topological polar surface area (TPSA) is 58.1 Å². The second-order valence-corrected chi connectivity index (χ2v) is 3.54. The van der Waals surface area contributed by atoms with E-state index in [9.17, 15) is 4.79 Å². The Hall–Kier alpha value is -1.04. The van der Waals surface area contributed by atoms with Gasteiger partial charge in [0.25, 0.3) is 0 Å². The van der Waals surface area contributed by atoms with E-state index in [-0.39, 0.29) is 18.2 Å². The number of halogens is 1.